The molecule has 7 heteroatoms. The lowest BCUT2D eigenvalue weighted by atomic mass is 10.2. The molecule has 0 bridgehead atoms. The van der Waals surface area contributed by atoms with E-state index in [0.717, 1.165) is 31.8 Å². The van der Waals surface area contributed by atoms with Crippen molar-refractivity contribution in [2.24, 2.45) is 0 Å². The van der Waals surface area contributed by atoms with E-state index in [2.05, 4.69) is 78.5 Å². The minimum atomic E-state index is -1.26. The number of aliphatic carboxylic acids is 2. The molecule has 0 aliphatic carbocycles. The SMILES string of the molecule is CCOc1ccc(N(CCCN(C)C)Cc2ccccc2)cc1.O=C(O)/C=C/C(=O)O. The van der Waals surface area contributed by atoms with E-state index >= 15 is 0 Å². The lowest BCUT2D eigenvalue weighted by Gasteiger charge is -2.26. The van der Waals surface area contributed by atoms with Crippen molar-refractivity contribution in [2.45, 2.75) is 19.9 Å². The van der Waals surface area contributed by atoms with Gasteiger partial charge in [0.2, 0.25) is 0 Å². The lowest BCUT2D eigenvalue weighted by Crippen LogP contribution is -2.26. The topological polar surface area (TPSA) is 90.3 Å². The second kappa shape index (κ2) is 14.6. The van der Waals surface area contributed by atoms with Gasteiger partial charge in [-0.25, -0.2) is 9.59 Å². The van der Waals surface area contributed by atoms with Crippen LogP contribution in [0.5, 0.6) is 5.75 Å². The molecule has 0 spiro atoms. The number of benzene rings is 2. The van der Waals surface area contributed by atoms with E-state index in [9.17, 15) is 9.59 Å². The van der Waals surface area contributed by atoms with E-state index in [1.54, 1.807) is 0 Å². The molecule has 0 aliphatic rings. The Balaban J connectivity index is 0.000000512. The number of hydrogen-bond donors (Lipinski definition) is 2. The van der Waals surface area contributed by atoms with Crippen LogP contribution in [0.25, 0.3) is 0 Å². The molecule has 168 valence electrons. The third-order valence-corrected chi connectivity index (χ3v) is 4.13. The Labute approximate surface area is 184 Å². The molecule has 2 aromatic rings. The zero-order valence-corrected chi connectivity index (χ0v) is 18.4. The Hall–Kier alpha value is -3.32. The quantitative estimate of drug-likeness (QED) is 0.527. The Morgan fingerprint density at radius 3 is 1.97 bits per heavy atom. The van der Waals surface area contributed by atoms with Crippen LogP contribution in [0.15, 0.2) is 66.7 Å². The Morgan fingerprint density at radius 1 is 0.903 bits per heavy atom. The number of nitrogens with zero attached hydrogens (tertiary/aromatic N) is 2. The molecule has 2 rings (SSSR count). The van der Waals surface area contributed by atoms with Gasteiger partial charge >= 0.3 is 11.9 Å². The second-order valence-electron chi connectivity index (χ2n) is 7.00. The first-order valence-corrected chi connectivity index (χ1v) is 10.1. The number of carboxylic acid groups (broad SMARTS) is 2. The van der Waals surface area contributed by atoms with Crippen LogP contribution in [-0.2, 0) is 16.1 Å². The minimum Gasteiger partial charge on any atom is -0.494 e. The first-order valence-electron chi connectivity index (χ1n) is 10.1. The Morgan fingerprint density at radius 2 is 1.48 bits per heavy atom. The van der Waals surface area contributed by atoms with Gasteiger partial charge in [-0.2, -0.15) is 0 Å². The fraction of sp³-hybridized carbons (Fsp3) is 0.333. The molecule has 2 aromatic carbocycles. The highest BCUT2D eigenvalue weighted by atomic mass is 16.5. The predicted molar refractivity (Wildman–Crippen MR) is 123 cm³/mol. The van der Waals surface area contributed by atoms with Gasteiger partial charge in [-0.05, 0) is 63.8 Å². The van der Waals surface area contributed by atoms with Gasteiger partial charge in [0.05, 0.1) is 6.61 Å². The molecule has 0 fully saturated rings. The maximum Gasteiger partial charge on any atom is 0.328 e. The number of hydrogen-bond acceptors (Lipinski definition) is 5. The number of anilines is 1. The van der Waals surface area contributed by atoms with Crippen LogP contribution in [0.4, 0.5) is 5.69 Å². The molecular formula is C24H32N2O5. The highest BCUT2D eigenvalue weighted by Gasteiger charge is 2.08. The molecule has 0 aromatic heterocycles. The van der Waals surface area contributed by atoms with Crippen LogP contribution in [-0.4, -0.2) is 60.8 Å². The summed E-state index contributed by atoms with van der Waals surface area (Å²) in [5, 5.41) is 15.6. The van der Waals surface area contributed by atoms with E-state index in [-0.39, 0.29) is 0 Å². The molecule has 0 atom stereocenters. The third kappa shape index (κ3) is 12.1. The zero-order valence-electron chi connectivity index (χ0n) is 18.4. The lowest BCUT2D eigenvalue weighted by molar-refractivity contribution is -0.134. The smallest absolute Gasteiger partial charge is 0.328 e. The molecule has 0 amide bonds. The predicted octanol–water partition coefficient (Wildman–Crippen LogP) is 3.76. The number of ether oxygens (including phenoxy) is 1. The summed E-state index contributed by atoms with van der Waals surface area (Å²) in [5.74, 6) is -1.58. The van der Waals surface area contributed by atoms with Gasteiger partial charge in [-0.15, -0.1) is 0 Å². The van der Waals surface area contributed by atoms with Crippen molar-refractivity contribution in [1.29, 1.82) is 0 Å². The summed E-state index contributed by atoms with van der Waals surface area (Å²) < 4.78 is 5.55. The van der Waals surface area contributed by atoms with Crippen LogP contribution in [0, 0.1) is 0 Å². The Kier molecular flexibility index (Phi) is 12.1. The first kappa shape index (κ1) is 25.7. The van der Waals surface area contributed by atoms with Gasteiger partial charge in [0.1, 0.15) is 5.75 Å². The van der Waals surface area contributed by atoms with E-state index in [4.69, 9.17) is 14.9 Å². The molecule has 0 saturated carbocycles. The second-order valence-corrected chi connectivity index (χ2v) is 7.00. The molecule has 2 N–H and O–H groups in total. The monoisotopic (exact) mass is 428 g/mol. The summed E-state index contributed by atoms with van der Waals surface area (Å²) in [6.07, 6.45) is 2.26. The van der Waals surface area contributed by atoms with Crippen molar-refractivity contribution in [3.63, 3.8) is 0 Å². The minimum absolute atomic E-state index is 0.558. The van der Waals surface area contributed by atoms with Gasteiger partial charge in [0.15, 0.2) is 0 Å². The number of carbonyl (C=O) groups is 2. The van der Waals surface area contributed by atoms with Crippen LogP contribution in [0.1, 0.15) is 18.9 Å². The van der Waals surface area contributed by atoms with Crippen molar-refractivity contribution in [2.75, 3.05) is 38.7 Å². The van der Waals surface area contributed by atoms with Gasteiger partial charge in [-0.3, -0.25) is 0 Å². The summed E-state index contributed by atoms with van der Waals surface area (Å²) >= 11 is 0. The van der Waals surface area contributed by atoms with Gasteiger partial charge in [0, 0.05) is 30.9 Å². The van der Waals surface area contributed by atoms with E-state index in [1.165, 1.54) is 11.3 Å². The van der Waals surface area contributed by atoms with Crippen LogP contribution >= 0.6 is 0 Å². The molecule has 0 heterocycles. The largest absolute Gasteiger partial charge is 0.494 e. The third-order valence-electron chi connectivity index (χ3n) is 4.13. The molecule has 31 heavy (non-hydrogen) atoms. The first-order chi connectivity index (χ1) is 14.8. The zero-order chi connectivity index (χ0) is 23.1. The molecule has 0 aliphatic heterocycles. The van der Waals surface area contributed by atoms with E-state index < -0.39 is 11.9 Å². The summed E-state index contributed by atoms with van der Waals surface area (Å²) in [6.45, 7) is 5.79. The fourth-order valence-electron chi connectivity index (χ4n) is 2.74. The maximum atomic E-state index is 9.55. The highest BCUT2D eigenvalue weighted by molar-refractivity contribution is 5.89. The molecule has 7 nitrogen and oxygen atoms in total. The van der Waals surface area contributed by atoms with Crippen LogP contribution < -0.4 is 9.64 Å². The normalized spacial score (nSPS) is 10.5. The van der Waals surface area contributed by atoms with Gasteiger partial charge in [-0.1, -0.05) is 30.3 Å². The molecule has 0 radical (unpaired) electrons. The van der Waals surface area contributed by atoms with Crippen molar-refractivity contribution >= 4 is 17.6 Å². The molecular weight excluding hydrogens is 396 g/mol. The number of rotatable bonds is 11. The summed E-state index contributed by atoms with van der Waals surface area (Å²) in [6, 6.07) is 19.1. The highest BCUT2D eigenvalue weighted by Crippen LogP contribution is 2.21. The average molecular weight is 429 g/mol. The Bertz CT molecular complexity index is 788. The van der Waals surface area contributed by atoms with Crippen molar-refractivity contribution < 1.29 is 24.5 Å². The van der Waals surface area contributed by atoms with Crippen molar-refractivity contribution in [1.82, 2.24) is 4.90 Å². The molecule has 0 saturated heterocycles. The summed E-state index contributed by atoms with van der Waals surface area (Å²) in [7, 11) is 4.25. The van der Waals surface area contributed by atoms with Crippen LogP contribution in [0.3, 0.4) is 0 Å². The maximum absolute atomic E-state index is 9.55. The van der Waals surface area contributed by atoms with E-state index in [1.807, 2.05) is 6.92 Å². The summed E-state index contributed by atoms with van der Waals surface area (Å²) in [4.78, 5) is 23.8. The van der Waals surface area contributed by atoms with E-state index in [0.29, 0.717) is 18.8 Å². The van der Waals surface area contributed by atoms with Crippen LogP contribution in [0.2, 0.25) is 0 Å². The standard InChI is InChI=1S/C20H28N2O.C4H4O4/c1-4-23-20-13-11-19(12-14-20)22(16-8-15-21(2)3)17-18-9-6-5-7-10-18;5-3(6)1-2-4(7)8/h5-7,9-14H,4,8,15-17H2,1-3H3;1-2H,(H,5,6)(H,7,8)/b;2-1+. The van der Waals surface area contributed by atoms with Gasteiger partial charge in [0.25, 0.3) is 0 Å². The fourth-order valence-corrected chi connectivity index (χ4v) is 2.74. The summed E-state index contributed by atoms with van der Waals surface area (Å²) in [5.41, 5.74) is 2.59. The number of carboxylic acids is 2. The molecule has 0 unspecified atom stereocenters. The van der Waals surface area contributed by atoms with Crippen molar-refractivity contribution in [3.8, 4) is 5.75 Å². The van der Waals surface area contributed by atoms with Gasteiger partial charge < -0.3 is 24.7 Å². The van der Waals surface area contributed by atoms with Crippen molar-refractivity contribution in [3.05, 3.63) is 72.3 Å². The average Bonchev–Trinajstić information content (AvgIpc) is 2.73.